The zero-order chi connectivity index (χ0) is 24.7. The fourth-order valence-corrected chi connectivity index (χ4v) is 5.27. The Kier molecular flexibility index (Phi) is 7.59. The number of para-hydroxylation sites is 1. The molecule has 0 aliphatic heterocycles. The van der Waals surface area contributed by atoms with Crippen LogP contribution in [0.4, 0.5) is 5.69 Å². The minimum atomic E-state index is -3.79. The molecule has 2 N–H and O–H groups in total. The molecule has 4 aromatic rings. The van der Waals surface area contributed by atoms with Crippen molar-refractivity contribution in [2.24, 2.45) is 5.10 Å². The maximum atomic E-state index is 12.8. The molecule has 4 rings (SSSR count). The maximum absolute atomic E-state index is 12.8. The third kappa shape index (κ3) is 6.34. The standard InChI is InChI=1S/C26H23N3O4S2/c1-19(21-11-7-12-22(17-21)33-18-20-9-3-2-4-10-20)27-28-26(30)23-13-5-6-14-24(23)29-35(31,32)25-15-8-16-34-25/h2-17,29H,18H2,1H3,(H,28,30). The van der Waals surface area contributed by atoms with Gasteiger partial charge in [0.05, 0.1) is 17.0 Å². The van der Waals surface area contributed by atoms with Gasteiger partial charge in [-0.1, -0.05) is 60.7 Å². The Morgan fingerprint density at radius 3 is 2.49 bits per heavy atom. The Morgan fingerprint density at radius 2 is 1.71 bits per heavy atom. The van der Waals surface area contributed by atoms with E-state index in [0.29, 0.717) is 18.1 Å². The summed E-state index contributed by atoms with van der Waals surface area (Å²) in [4.78, 5) is 12.8. The van der Waals surface area contributed by atoms with Crippen LogP contribution in [0.1, 0.15) is 28.4 Å². The Morgan fingerprint density at radius 1 is 0.943 bits per heavy atom. The van der Waals surface area contributed by atoms with Crippen LogP contribution in [0.5, 0.6) is 5.75 Å². The van der Waals surface area contributed by atoms with E-state index in [9.17, 15) is 13.2 Å². The van der Waals surface area contributed by atoms with Crippen molar-refractivity contribution in [3.63, 3.8) is 0 Å². The van der Waals surface area contributed by atoms with Crippen molar-refractivity contribution < 1.29 is 17.9 Å². The second kappa shape index (κ2) is 11.0. The van der Waals surface area contributed by atoms with Gasteiger partial charge in [0.2, 0.25) is 0 Å². The molecule has 9 heteroatoms. The number of amides is 1. The third-order valence-electron chi connectivity index (χ3n) is 5.00. The molecule has 1 heterocycles. The highest BCUT2D eigenvalue weighted by Crippen LogP contribution is 2.23. The van der Waals surface area contributed by atoms with E-state index in [1.165, 1.54) is 18.2 Å². The van der Waals surface area contributed by atoms with Crippen LogP contribution in [-0.4, -0.2) is 20.0 Å². The van der Waals surface area contributed by atoms with E-state index in [1.807, 2.05) is 54.6 Å². The molecular formula is C26H23N3O4S2. The van der Waals surface area contributed by atoms with Crippen molar-refractivity contribution in [2.75, 3.05) is 4.72 Å². The molecule has 1 amide bonds. The van der Waals surface area contributed by atoms with Crippen LogP contribution in [0.25, 0.3) is 0 Å². The predicted octanol–water partition coefficient (Wildman–Crippen LogP) is 5.28. The molecule has 7 nitrogen and oxygen atoms in total. The molecule has 0 radical (unpaired) electrons. The van der Waals surface area contributed by atoms with Crippen molar-refractivity contribution in [2.45, 2.75) is 17.7 Å². The number of hydrazone groups is 1. The average molecular weight is 506 g/mol. The van der Waals surface area contributed by atoms with Gasteiger partial charge < -0.3 is 4.74 Å². The molecule has 0 unspecified atom stereocenters. The zero-order valence-corrected chi connectivity index (χ0v) is 20.5. The first-order valence-electron chi connectivity index (χ1n) is 10.7. The largest absolute Gasteiger partial charge is 0.489 e. The molecule has 0 saturated heterocycles. The number of ether oxygens (including phenoxy) is 1. The summed E-state index contributed by atoms with van der Waals surface area (Å²) in [6.45, 7) is 2.21. The van der Waals surface area contributed by atoms with E-state index in [4.69, 9.17) is 4.74 Å². The Hall–Kier alpha value is -3.95. The first-order chi connectivity index (χ1) is 16.9. The van der Waals surface area contributed by atoms with Gasteiger partial charge in [-0.05, 0) is 48.2 Å². The molecule has 0 spiro atoms. The van der Waals surface area contributed by atoms with E-state index in [1.54, 1.807) is 30.5 Å². The monoisotopic (exact) mass is 505 g/mol. The molecule has 1 aromatic heterocycles. The number of hydrogen-bond acceptors (Lipinski definition) is 6. The second-order valence-corrected chi connectivity index (χ2v) is 10.4. The van der Waals surface area contributed by atoms with E-state index in [-0.39, 0.29) is 15.5 Å². The third-order valence-corrected chi connectivity index (χ3v) is 7.76. The van der Waals surface area contributed by atoms with Crippen molar-refractivity contribution in [3.8, 4) is 5.75 Å². The van der Waals surface area contributed by atoms with Crippen molar-refractivity contribution in [3.05, 3.63) is 113 Å². The number of benzene rings is 3. The molecule has 0 bridgehead atoms. The van der Waals surface area contributed by atoms with Crippen LogP contribution in [0, 0.1) is 0 Å². The molecule has 0 aliphatic carbocycles. The van der Waals surface area contributed by atoms with Gasteiger partial charge in [-0.25, -0.2) is 13.8 Å². The topological polar surface area (TPSA) is 96.9 Å². The Bertz CT molecular complexity index is 1430. The fourth-order valence-electron chi connectivity index (χ4n) is 3.19. The van der Waals surface area contributed by atoms with Gasteiger partial charge >= 0.3 is 0 Å². The molecule has 0 fully saturated rings. The van der Waals surface area contributed by atoms with Crippen LogP contribution >= 0.6 is 11.3 Å². The van der Waals surface area contributed by atoms with Gasteiger partial charge in [0.15, 0.2) is 0 Å². The summed E-state index contributed by atoms with van der Waals surface area (Å²) in [5, 5.41) is 5.88. The number of thiophene rings is 1. The average Bonchev–Trinajstić information content (AvgIpc) is 3.43. The molecule has 178 valence electrons. The molecule has 0 aliphatic rings. The highest BCUT2D eigenvalue weighted by Gasteiger charge is 2.19. The number of rotatable bonds is 9. The van der Waals surface area contributed by atoms with Gasteiger partial charge in [0.25, 0.3) is 15.9 Å². The van der Waals surface area contributed by atoms with Gasteiger partial charge in [-0.3, -0.25) is 9.52 Å². The number of sulfonamides is 1. The first kappa shape index (κ1) is 24.2. The van der Waals surface area contributed by atoms with Crippen molar-refractivity contribution in [1.82, 2.24) is 5.43 Å². The molecule has 0 atom stereocenters. The summed E-state index contributed by atoms with van der Waals surface area (Å²) >= 11 is 1.10. The van der Waals surface area contributed by atoms with Crippen molar-refractivity contribution >= 4 is 38.7 Å². The van der Waals surface area contributed by atoms with E-state index in [0.717, 1.165) is 22.5 Å². The lowest BCUT2D eigenvalue weighted by Gasteiger charge is -2.11. The summed E-state index contributed by atoms with van der Waals surface area (Å²) in [5.41, 5.74) is 5.25. The van der Waals surface area contributed by atoms with Crippen LogP contribution in [-0.2, 0) is 16.6 Å². The number of carbonyl (C=O) groups is 1. The quantitative estimate of drug-likeness (QED) is 0.239. The minimum Gasteiger partial charge on any atom is -0.489 e. The number of hydrogen-bond donors (Lipinski definition) is 2. The lowest BCUT2D eigenvalue weighted by molar-refractivity contribution is 0.0955. The zero-order valence-electron chi connectivity index (χ0n) is 18.8. The van der Waals surface area contributed by atoms with Crippen LogP contribution in [0.15, 0.2) is 106 Å². The second-order valence-electron chi connectivity index (χ2n) is 7.52. The van der Waals surface area contributed by atoms with Crippen LogP contribution in [0.3, 0.4) is 0 Å². The first-order valence-corrected chi connectivity index (χ1v) is 13.1. The number of anilines is 1. The van der Waals surface area contributed by atoms with Crippen molar-refractivity contribution in [1.29, 1.82) is 0 Å². The maximum Gasteiger partial charge on any atom is 0.273 e. The summed E-state index contributed by atoms with van der Waals surface area (Å²) < 4.78 is 33.7. The van der Waals surface area contributed by atoms with E-state index < -0.39 is 15.9 Å². The Labute approximate surface area is 208 Å². The van der Waals surface area contributed by atoms with Crippen LogP contribution < -0.4 is 14.9 Å². The normalized spacial score (nSPS) is 11.6. The van der Waals surface area contributed by atoms with Gasteiger partial charge in [0, 0.05) is 5.56 Å². The number of carbonyl (C=O) groups excluding carboxylic acids is 1. The van der Waals surface area contributed by atoms with E-state index in [2.05, 4.69) is 15.2 Å². The summed E-state index contributed by atoms with van der Waals surface area (Å²) in [7, 11) is -3.79. The lowest BCUT2D eigenvalue weighted by Crippen LogP contribution is -2.22. The highest BCUT2D eigenvalue weighted by atomic mass is 32.2. The molecular weight excluding hydrogens is 482 g/mol. The minimum absolute atomic E-state index is 0.157. The SMILES string of the molecule is CC(=NNC(=O)c1ccccc1NS(=O)(=O)c1cccs1)c1cccc(OCc2ccccc2)c1. The van der Waals surface area contributed by atoms with Gasteiger partial charge in [-0.2, -0.15) is 5.10 Å². The van der Waals surface area contributed by atoms with Crippen LogP contribution in [0.2, 0.25) is 0 Å². The smallest absolute Gasteiger partial charge is 0.273 e. The Balaban J connectivity index is 1.44. The van der Waals surface area contributed by atoms with Gasteiger partial charge in [-0.15, -0.1) is 11.3 Å². The summed E-state index contributed by atoms with van der Waals surface area (Å²) in [5.74, 6) is 0.144. The molecule has 3 aromatic carbocycles. The van der Waals surface area contributed by atoms with E-state index >= 15 is 0 Å². The molecule has 0 saturated carbocycles. The summed E-state index contributed by atoms with van der Waals surface area (Å²) in [6.07, 6.45) is 0. The molecule has 35 heavy (non-hydrogen) atoms. The summed E-state index contributed by atoms with van der Waals surface area (Å²) in [6, 6.07) is 26.8. The predicted molar refractivity (Wildman–Crippen MR) is 138 cm³/mol. The number of nitrogens with zero attached hydrogens (tertiary/aromatic N) is 1. The lowest BCUT2D eigenvalue weighted by atomic mass is 10.1. The fraction of sp³-hybridized carbons (Fsp3) is 0.0769. The number of nitrogens with one attached hydrogen (secondary N) is 2. The highest BCUT2D eigenvalue weighted by molar-refractivity contribution is 7.94. The van der Waals surface area contributed by atoms with Gasteiger partial charge in [0.1, 0.15) is 16.6 Å².